The number of halogens is 2. The van der Waals surface area contributed by atoms with Crippen LogP contribution in [0.4, 0.5) is 5.69 Å². The summed E-state index contributed by atoms with van der Waals surface area (Å²) in [6.07, 6.45) is -0.0310. The Hall–Kier alpha value is -1.13. The maximum atomic E-state index is 11.9. The summed E-state index contributed by atoms with van der Waals surface area (Å²) < 4.78 is 0. The Morgan fingerprint density at radius 2 is 1.78 bits per heavy atom. The van der Waals surface area contributed by atoms with Gasteiger partial charge in [0.1, 0.15) is 5.78 Å². The number of carbonyl (C=O) groups is 1. The fourth-order valence-electron chi connectivity index (χ4n) is 1.33. The van der Waals surface area contributed by atoms with Gasteiger partial charge in [0, 0.05) is 23.5 Å². The van der Waals surface area contributed by atoms with Crippen LogP contribution < -0.4 is 0 Å². The van der Waals surface area contributed by atoms with Crippen LogP contribution in [-0.2, 0) is 11.2 Å². The molecule has 4 nitrogen and oxygen atoms in total. The van der Waals surface area contributed by atoms with Crippen molar-refractivity contribution in [1.82, 2.24) is 0 Å². The first-order chi connectivity index (χ1) is 8.12. The summed E-state index contributed by atoms with van der Waals surface area (Å²) in [5.74, 6) is -0.0935. The van der Waals surface area contributed by atoms with Gasteiger partial charge in [0.25, 0.3) is 5.69 Å². The number of nitro groups is 1. The maximum Gasteiger partial charge on any atom is 0.274 e. The number of hydrogen-bond donors (Lipinski definition) is 0. The van der Waals surface area contributed by atoms with Crippen LogP contribution in [0.3, 0.4) is 0 Å². The van der Waals surface area contributed by atoms with E-state index < -0.39 is 10.3 Å². The zero-order valence-electron chi connectivity index (χ0n) is 10.3. The largest absolute Gasteiger partial charge is 0.299 e. The van der Waals surface area contributed by atoms with E-state index in [0.29, 0.717) is 0 Å². The molecule has 0 heterocycles. The molecular weight excluding hydrogens is 277 g/mol. The first-order valence-electron chi connectivity index (χ1n) is 5.28. The van der Waals surface area contributed by atoms with Crippen molar-refractivity contribution in [3.8, 4) is 0 Å². The van der Waals surface area contributed by atoms with Gasteiger partial charge in [0.05, 0.1) is 15.0 Å². The van der Waals surface area contributed by atoms with Crippen molar-refractivity contribution in [3.63, 3.8) is 0 Å². The molecule has 1 rings (SSSR count). The van der Waals surface area contributed by atoms with E-state index in [1.807, 2.05) is 0 Å². The van der Waals surface area contributed by atoms with Gasteiger partial charge in [-0.25, -0.2) is 0 Å². The molecule has 0 spiro atoms. The van der Waals surface area contributed by atoms with Crippen molar-refractivity contribution in [2.45, 2.75) is 27.2 Å². The number of rotatable bonds is 3. The summed E-state index contributed by atoms with van der Waals surface area (Å²) in [6, 6.07) is 2.56. The number of nitro benzene ring substituents is 1. The van der Waals surface area contributed by atoms with Gasteiger partial charge in [-0.1, -0.05) is 44.0 Å². The predicted molar refractivity (Wildman–Crippen MR) is 71.3 cm³/mol. The van der Waals surface area contributed by atoms with Crippen molar-refractivity contribution >= 4 is 34.7 Å². The van der Waals surface area contributed by atoms with Gasteiger partial charge in [-0.3, -0.25) is 14.9 Å². The molecule has 98 valence electrons. The topological polar surface area (TPSA) is 60.2 Å². The lowest BCUT2D eigenvalue weighted by Gasteiger charge is -2.16. The third-order valence-electron chi connectivity index (χ3n) is 2.51. The Kier molecular flexibility index (Phi) is 4.35. The van der Waals surface area contributed by atoms with Crippen LogP contribution in [0.2, 0.25) is 10.0 Å². The number of Topliss-reactive ketones (excluding diaryl/α,β-unsaturated/α-hetero) is 1. The molecule has 1 aromatic rings. The number of hydrogen-bond acceptors (Lipinski definition) is 3. The highest BCUT2D eigenvalue weighted by atomic mass is 35.5. The molecule has 0 saturated carbocycles. The van der Waals surface area contributed by atoms with Crippen LogP contribution in [0.5, 0.6) is 0 Å². The molecule has 0 aliphatic rings. The van der Waals surface area contributed by atoms with E-state index in [4.69, 9.17) is 23.2 Å². The smallest absolute Gasteiger partial charge is 0.274 e. The van der Waals surface area contributed by atoms with Crippen LogP contribution in [-0.4, -0.2) is 10.7 Å². The van der Waals surface area contributed by atoms with Crippen LogP contribution in [0.1, 0.15) is 26.3 Å². The number of ketones is 1. The summed E-state index contributed by atoms with van der Waals surface area (Å²) in [6.45, 7) is 5.29. The molecule has 0 bridgehead atoms. The Morgan fingerprint density at radius 3 is 2.22 bits per heavy atom. The second-order valence-electron chi connectivity index (χ2n) is 5.00. The highest BCUT2D eigenvalue weighted by Crippen LogP contribution is 2.32. The third-order valence-corrected chi connectivity index (χ3v) is 3.23. The second kappa shape index (κ2) is 5.24. The molecule has 0 aliphatic carbocycles. The van der Waals surface area contributed by atoms with Crippen LogP contribution in [0.15, 0.2) is 12.1 Å². The Bertz CT molecular complexity index is 507. The van der Waals surface area contributed by atoms with Gasteiger partial charge >= 0.3 is 0 Å². The average Bonchev–Trinajstić information content (AvgIpc) is 2.21. The third kappa shape index (κ3) is 3.43. The first-order valence-corrected chi connectivity index (χ1v) is 6.04. The lowest BCUT2D eigenvalue weighted by molar-refractivity contribution is -0.385. The minimum atomic E-state index is -0.562. The Morgan fingerprint density at radius 1 is 1.28 bits per heavy atom. The normalized spacial score (nSPS) is 11.4. The zero-order chi connectivity index (χ0) is 14.1. The Labute approximate surface area is 115 Å². The molecule has 0 aromatic heterocycles. The van der Waals surface area contributed by atoms with Gasteiger partial charge in [0.2, 0.25) is 0 Å². The van der Waals surface area contributed by atoms with Crippen molar-refractivity contribution < 1.29 is 9.72 Å². The molecule has 0 fully saturated rings. The molecule has 0 saturated heterocycles. The van der Waals surface area contributed by atoms with Crippen LogP contribution in [0, 0.1) is 15.5 Å². The molecular formula is C12H13Cl2NO3. The highest BCUT2D eigenvalue weighted by molar-refractivity contribution is 6.42. The molecule has 0 atom stereocenters. The zero-order valence-corrected chi connectivity index (χ0v) is 11.8. The van der Waals surface area contributed by atoms with E-state index in [-0.39, 0.29) is 33.5 Å². The van der Waals surface area contributed by atoms with Crippen molar-refractivity contribution in [2.75, 3.05) is 0 Å². The maximum absolute atomic E-state index is 11.9. The monoisotopic (exact) mass is 289 g/mol. The molecule has 18 heavy (non-hydrogen) atoms. The number of carbonyl (C=O) groups excluding carboxylic acids is 1. The minimum absolute atomic E-state index is 0.0310. The van der Waals surface area contributed by atoms with E-state index in [2.05, 4.69) is 0 Å². The minimum Gasteiger partial charge on any atom is -0.299 e. The van der Waals surface area contributed by atoms with Gasteiger partial charge < -0.3 is 0 Å². The van der Waals surface area contributed by atoms with Crippen molar-refractivity contribution in [1.29, 1.82) is 0 Å². The Balaban J connectivity index is 3.20. The predicted octanol–water partition coefficient (Wildman–Crippen LogP) is 4.06. The standard InChI is InChI=1S/C12H13Cl2NO3/c1-12(2,3)11(16)5-7-4-8(13)9(14)6-10(7)15(17)18/h4,6H,5H2,1-3H3. The average molecular weight is 290 g/mol. The van der Waals surface area contributed by atoms with Crippen molar-refractivity contribution in [2.24, 2.45) is 5.41 Å². The molecule has 0 aliphatic heterocycles. The fraction of sp³-hybridized carbons (Fsp3) is 0.417. The van der Waals surface area contributed by atoms with Gasteiger partial charge in [-0.2, -0.15) is 0 Å². The fourth-order valence-corrected chi connectivity index (χ4v) is 1.67. The SMILES string of the molecule is CC(C)(C)C(=O)Cc1cc(Cl)c(Cl)cc1[N+](=O)[O-]. The molecule has 0 amide bonds. The van der Waals surface area contributed by atoms with Gasteiger partial charge in [0.15, 0.2) is 0 Å². The quantitative estimate of drug-likeness (QED) is 0.623. The molecule has 0 radical (unpaired) electrons. The van der Waals surface area contributed by atoms with Crippen molar-refractivity contribution in [3.05, 3.63) is 37.9 Å². The first kappa shape index (κ1) is 14.9. The number of nitrogens with zero attached hydrogens (tertiary/aromatic N) is 1. The van der Waals surface area contributed by atoms with E-state index in [1.54, 1.807) is 20.8 Å². The van der Waals surface area contributed by atoms with Crippen LogP contribution in [0.25, 0.3) is 0 Å². The summed E-state index contributed by atoms with van der Waals surface area (Å²) in [5, 5.41) is 11.2. The van der Waals surface area contributed by atoms with E-state index in [1.165, 1.54) is 12.1 Å². The van der Waals surface area contributed by atoms with E-state index in [9.17, 15) is 14.9 Å². The highest BCUT2D eigenvalue weighted by Gasteiger charge is 2.25. The number of benzene rings is 1. The second-order valence-corrected chi connectivity index (χ2v) is 5.82. The summed E-state index contributed by atoms with van der Waals surface area (Å²) in [5.41, 5.74) is -0.448. The summed E-state index contributed by atoms with van der Waals surface area (Å²) >= 11 is 11.6. The van der Waals surface area contributed by atoms with E-state index >= 15 is 0 Å². The summed E-state index contributed by atoms with van der Waals surface area (Å²) in [4.78, 5) is 22.3. The molecule has 6 heteroatoms. The molecule has 0 unspecified atom stereocenters. The lowest BCUT2D eigenvalue weighted by atomic mass is 9.87. The molecule has 0 N–H and O–H groups in total. The molecule has 1 aromatic carbocycles. The lowest BCUT2D eigenvalue weighted by Crippen LogP contribution is -2.22. The summed E-state index contributed by atoms with van der Waals surface area (Å²) in [7, 11) is 0. The van der Waals surface area contributed by atoms with Gasteiger partial charge in [-0.05, 0) is 6.07 Å². The van der Waals surface area contributed by atoms with E-state index in [0.717, 1.165) is 0 Å². The van der Waals surface area contributed by atoms with Crippen LogP contribution >= 0.6 is 23.2 Å². The van der Waals surface area contributed by atoms with Gasteiger partial charge in [-0.15, -0.1) is 0 Å².